The molecule has 1 rings (SSSR count). The first-order valence-electron chi connectivity index (χ1n) is 6.10. The number of amides is 1. The number of carbonyl (C=O) groups is 1. The average Bonchev–Trinajstić information content (AvgIpc) is 2.37. The third-order valence-corrected chi connectivity index (χ3v) is 3.20. The highest BCUT2D eigenvalue weighted by atomic mass is 35.5. The van der Waals surface area contributed by atoms with Crippen molar-refractivity contribution < 1.29 is 9.53 Å². The van der Waals surface area contributed by atoms with Crippen molar-refractivity contribution in [1.82, 2.24) is 0 Å². The molecule has 0 radical (unpaired) electrons. The molecule has 0 spiro atoms. The first-order chi connectivity index (χ1) is 8.49. The monoisotopic (exact) mass is 269 g/mol. The van der Waals surface area contributed by atoms with E-state index in [0.29, 0.717) is 6.61 Å². The SMILES string of the molecule is CCCOc1ccc(NC(=O)C(C)(C)CCl)cc1. The summed E-state index contributed by atoms with van der Waals surface area (Å²) in [7, 11) is 0. The Balaban J connectivity index is 2.61. The van der Waals surface area contributed by atoms with Crippen molar-refractivity contribution in [2.45, 2.75) is 27.2 Å². The molecule has 3 nitrogen and oxygen atoms in total. The minimum atomic E-state index is -0.570. The lowest BCUT2D eigenvalue weighted by molar-refractivity contribution is -0.122. The number of hydrogen-bond acceptors (Lipinski definition) is 2. The Labute approximate surface area is 113 Å². The van der Waals surface area contributed by atoms with Crippen LogP contribution in [0, 0.1) is 5.41 Å². The lowest BCUT2D eigenvalue weighted by Crippen LogP contribution is -2.32. The summed E-state index contributed by atoms with van der Waals surface area (Å²) in [4.78, 5) is 11.9. The van der Waals surface area contributed by atoms with Gasteiger partial charge in [-0.15, -0.1) is 11.6 Å². The van der Waals surface area contributed by atoms with Gasteiger partial charge in [-0.3, -0.25) is 4.79 Å². The molecule has 100 valence electrons. The minimum absolute atomic E-state index is 0.0836. The molecule has 0 aliphatic carbocycles. The summed E-state index contributed by atoms with van der Waals surface area (Å²) in [6.45, 7) is 6.38. The van der Waals surface area contributed by atoms with Gasteiger partial charge in [-0.25, -0.2) is 0 Å². The van der Waals surface area contributed by atoms with Crippen LogP contribution in [0.15, 0.2) is 24.3 Å². The third kappa shape index (κ3) is 4.22. The van der Waals surface area contributed by atoms with E-state index in [2.05, 4.69) is 12.2 Å². The number of ether oxygens (including phenoxy) is 1. The first kappa shape index (κ1) is 14.8. The van der Waals surface area contributed by atoms with E-state index in [4.69, 9.17) is 16.3 Å². The van der Waals surface area contributed by atoms with Gasteiger partial charge in [0.2, 0.25) is 5.91 Å². The lowest BCUT2D eigenvalue weighted by Gasteiger charge is -2.20. The van der Waals surface area contributed by atoms with Crippen LogP contribution in [0.1, 0.15) is 27.2 Å². The van der Waals surface area contributed by atoms with Crippen LogP contribution >= 0.6 is 11.6 Å². The molecule has 1 N–H and O–H groups in total. The summed E-state index contributed by atoms with van der Waals surface area (Å²) in [5.41, 5.74) is 0.181. The predicted molar refractivity (Wildman–Crippen MR) is 75.4 cm³/mol. The average molecular weight is 270 g/mol. The van der Waals surface area contributed by atoms with Gasteiger partial charge in [0.1, 0.15) is 5.75 Å². The quantitative estimate of drug-likeness (QED) is 0.800. The van der Waals surface area contributed by atoms with E-state index in [-0.39, 0.29) is 11.8 Å². The summed E-state index contributed by atoms with van der Waals surface area (Å²) in [5.74, 6) is 1.02. The van der Waals surface area contributed by atoms with Gasteiger partial charge in [-0.05, 0) is 44.5 Å². The molecule has 0 heterocycles. The fourth-order valence-corrected chi connectivity index (χ4v) is 1.34. The Hall–Kier alpha value is -1.22. The van der Waals surface area contributed by atoms with E-state index < -0.39 is 5.41 Å². The van der Waals surface area contributed by atoms with E-state index in [9.17, 15) is 4.79 Å². The second-order valence-electron chi connectivity index (χ2n) is 4.84. The van der Waals surface area contributed by atoms with E-state index in [0.717, 1.165) is 17.9 Å². The number of anilines is 1. The van der Waals surface area contributed by atoms with Crippen molar-refractivity contribution in [1.29, 1.82) is 0 Å². The highest BCUT2D eigenvalue weighted by Crippen LogP contribution is 2.21. The van der Waals surface area contributed by atoms with Gasteiger partial charge >= 0.3 is 0 Å². The van der Waals surface area contributed by atoms with Crippen molar-refractivity contribution in [3.63, 3.8) is 0 Å². The maximum atomic E-state index is 11.9. The molecular formula is C14H20ClNO2. The maximum Gasteiger partial charge on any atom is 0.231 e. The van der Waals surface area contributed by atoms with Gasteiger partial charge in [0.05, 0.1) is 12.0 Å². The number of nitrogens with one attached hydrogen (secondary N) is 1. The van der Waals surface area contributed by atoms with Crippen LogP contribution in [0.25, 0.3) is 0 Å². The zero-order valence-corrected chi connectivity index (χ0v) is 11.9. The van der Waals surface area contributed by atoms with Crippen LogP contribution in [-0.4, -0.2) is 18.4 Å². The molecule has 1 aromatic rings. The Kier molecular flexibility index (Phi) is 5.48. The second kappa shape index (κ2) is 6.64. The van der Waals surface area contributed by atoms with Gasteiger partial charge < -0.3 is 10.1 Å². The summed E-state index contributed by atoms with van der Waals surface area (Å²) in [6.07, 6.45) is 0.975. The topological polar surface area (TPSA) is 38.3 Å². The van der Waals surface area contributed by atoms with Gasteiger partial charge in [-0.2, -0.15) is 0 Å². The summed E-state index contributed by atoms with van der Waals surface area (Å²) in [5, 5.41) is 2.84. The van der Waals surface area contributed by atoms with Crippen LogP contribution in [-0.2, 0) is 4.79 Å². The molecule has 4 heteroatoms. The third-order valence-electron chi connectivity index (χ3n) is 2.53. The molecule has 0 saturated carbocycles. The largest absolute Gasteiger partial charge is 0.494 e. The Morgan fingerprint density at radius 2 is 1.94 bits per heavy atom. The number of rotatable bonds is 6. The molecule has 0 aliphatic heterocycles. The highest BCUT2D eigenvalue weighted by molar-refractivity contribution is 6.20. The molecule has 18 heavy (non-hydrogen) atoms. The van der Waals surface area contributed by atoms with E-state index in [1.54, 1.807) is 0 Å². The number of carbonyl (C=O) groups excluding carboxylic acids is 1. The van der Waals surface area contributed by atoms with Crippen molar-refractivity contribution in [2.24, 2.45) is 5.41 Å². The summed E-state index contributed by atoms with van der Waals surface area (Å²) < 4.78 is 5.47. The van der Waals surface area contributed by atoms with Crippen LogP contribution in [0.5, 0.6) is 5.75 Å². The molecule has 0 saturated heterocycles. The van der Waals surface area contributed by atoms with Crippen LogP contribution < -0.4 is 10.1 Å². The minimum Gasteiger partial charge on any atom is -0.494 e. The zero-order chi connectivity index (χ0) is 13.6. The van der Waals surface area contributed by atoms with Crippen molar-refractivity contribution in [3.8, 4) is 5.75 Å². The smallest absolute Gasteiger partial charge is 0.231 e. The van der Waals surface area contributed by atoms with E-state index >= 15 is 0 Å². The molecule has 0 bridgehead atoms. The van der Waals surface area contributed by atoms with Crippen molar-refractivity contribution in [2.75, 3.05) is 17.8 Å². The van der Waals surface area contributed by atoms with Gasteiger partial charge in [0.25, 0.3) is 0 Å². The maximum absolute atomic E-state index is 11.9. The Bertz CT molecular complexity index is 387. The molecule has 1 aromatic carbocycles. The van der Waals surface area contributed by atoms with E-state index in [1.807, 2.05) is 38.1 Å². The van der Waals surface area contributed by atoms with Gasteiger partial charge in [-0.1, -0.05) is 6.92 Å². The fraction of sp³-hybridized carbons (Fsp3) is 0.500. The van der Waals surface area contributed by atoms with Crippen molar-refractivity contribution >= 4 is 23.2 Å². The van der Waals surface area contributed by atoms with Crippen LogP contribution in [0.3, 0.4) is 0 Å². The van der Waals surface area contributed by atoms with Crippen molar-refractivity contribution in [3.05, 3.63) is 24.3 Å². The number of benzene rings is 1. The normalized spacial score (nSPS) is 11.1. The molecule has 0 aliphatic rings. The first-order valence-corrected chi connectivity index (χ1v) is 6.63. The summed E-state index contributed by atoms with van der Waals surface area (Å²) >= 11 is 5.76. The number of hydrogen-bond donors (Lipinski definition) is 1. The molecule has 0 atom stereocenters. The highest BCUT2D eigenvalue weighted by Gasteiger charge is 2.26. The molecule has 0 fully saturated rings. The van der Waals surface area contributed by atoms with E-state index in [1.165, 1.54) is 0 Å². The molecule has 1 amide bonds. The summed E-state index contributed by atoms with van der Waals surface area (Å²) in [6, 6.07) is 7.35. The number of halogens is 1. The fourth-order valence-electron chi connectivity index (χ4n) is 1.22. The lowest BCUT2D eigenvalue weighted by atomic mass is 9.95. The Morgan fingerprint density at radius 1 is 1.33 bits per heavy atom. The molecular weight excluding hydrogens is 250 g/mol. The van der Waals surface area contributed by atoms with Crippen LogP contribution in [0.2, 0.25) is 0 Å². The van der Waals surface area contributed by atoms with Gasteiger partial charge in [0.15, 0.2) is 0 Å². The second-order valence-corrected chi connectivity index (χ2v) is 5.11. The van der Waals surface area contributed by atoms with Gasteiger partial charge in [0, 0.05) is 11.6 Å². The standard InChI is InChI=1S/C14H20ClNO2/c1-4-9-18-12-7-5-11(6-8-12)16-13(17)14(2,3)10-15/h5-8H,4,9-10H2,1-3H3,(H,16,17). The predicted octanol–water partition coefficient (Wildman–Crippen LogP) is 3.68. The molecule has 0 aromatic heterocycles. The van der Waals surface area contributed by atoms with Crippen LogP contribution in [0.4, 0.5) is 5.69 Å². The number of alkyl halides is 1. The zero-order valence-electron chi connectivity index (χ0n) is 11.1. The Morgan fingerprint density at radius 3 is 2.44 bits per heavy atom. The molecule has 0 unspecified atom stereocenters.